The van der Waals surface area contributed by atoms with Crippen LogP contribution in [0.15, 0.2) is 89.7 Å². The van der Waals surface area contributed by atoms with Crippen molar-refractivity contribution in [2.75, 3.05) is 0 Å². The van der Waals surface area contributed by atoms with Crippen LogP contribution in [0.1, 0.15) is 44.0 Å². The second kappa shape index (κ2) is 7.69. The Morgan fingerprint density at radius 1 is 0.645 bits per heavy atom. The predicted molar refractivity (Wildman–Crippen MR) is 118 cm³/mol. The molecule has 0 saturated carbocycles. The molecule has 1 aliphatic rings. The topological polar surface area (TPSA) is 61.1 Å². The highest BCUT2D eigenvalue weighted by Crippen LogP contribution is 2.28. The highest BCUT2D eigenvalue weighted by Gasteiger charge is 2.37. The van der Waals surface area contributed by atoms with Crippen molar-refractivity contribution in [1.29, 1.82) is 0 Å². The van der Waals surface area contributed by atoms with Crippen LogP contribution < -0.4 is 5.56 Å². The molecule has 31 heavy (non-hydrogen) atoms. The molecule has 0 spiro atoms. The summed E-state index contributed by atoms with van der Waals surface area (Å²) < 4.78 is 3.16. The average molecular weight is 408 g/mol. The first-order chi connectivity index (χ1) is 15.2. The minimum atomic E-state index is -0.417. The maximum atomic E-state index is 13.4. The number of fused-ring (bicyclic) bond motifs is 2. The highest BCUT2D eigenvalue weighted by atomic mass is 16.2. The van der Waals surface area contributed by atoms with E-state index < -0.39 is 5.56 Å². The van der Waals surface area contributed by atoms with Crippen LogP contribution in [0.5, 0.6) is 0 Å². The molecule has 5 rings (SSSR count). The molecule has 1 aliphatic carbocycles. The first-order valence-electron chi connectivity index (χ1n) is 10.3. The molecule has 0 aliphatic heterocycles. The van der Waals surface area contributed by atoms with Crippen molar-refractivity contribution in [3.8, 4) is 5.69 Å². The molecule has 1 aromatic heterocycles. The van der Waals surface area contributed by atoms with Gasteiger partial charge in [0.25, 0.3) is 5.56 Å². The van der Waals surface area contributed by atoms with Crippen molar-refractivity contribution in [3.05, 3.63) is 123 Å². The first-order valence-corrected chi connectivity index (χ1v) is 10.3. The van der Waals surface area contributed by atoms with Gasteiger partial charge in [-0.2, -0.15) is 0 Å². The summed E-state index contributed by atoms with van der Waals surface area (Å²) in [5.74, 6) is -0.686. The van der Waals surface area contributed by atoms with Gasteiger partial charge in [0, 0.05) is 17.7 Å². The van der Waals surface area contributed by atoms with Crippen LogP contribution in [0.2, 0.25) is 0 Å². The zero-order valence-corrected chi connectivity index (χ0v) is 16.8. The van der Waals surface area contributed by atoms with Gasteiger partial charge in [-0.1, -0.05) is 72.8 Å². The number of rotatable bonds is 5. The normalized spacial score (nSPS) is 12.5. The lowest BCUT2D eigenvalue weighted by molar-refractivity contribution is 0.0974. The molecule has 0 bridgehead atoms. The number of nitrogens with zero attached hydrogens (tertiary/aromatic N) is 2. The third-order valence-corrected chi connectivity index (χ3v) is 5.68. The minimum Gasteiger partial charge on any atom is -0.288 e. The smallest absolute Gasteiger partial charge is 0.279 e. The van der Waals surface area contributed by atoms with Crippen molar-refractivity contribution >= 4 is 11.6 Å². The monoisotopic (exact) mass is 408 g/mol. The second-order valence-corrected chi connectivity index (χ2v) is 7.59. The molecule has 0 atom stereocenters. The van der Waals surface area contributed by atoms with E-state index in [-0.39, 0.29) is 22.8 Å². The fourth-order valence-electron chi connectivity index (χ4n) is 4.22. The van der Waals surface area contributed by atoms with Crippen LogP contribution in [0, 0.1) is 0 Å². The Labute approximate surface area is 179 Å². The van der Waals surface area contributed by atoms with Crippen LogP contribution in [0.4, 0.5) is 0 Å². The maximum absolute atomic E-state index is 13.4. The van der Waals surface area contributed by atoms with E-state index in [1.165, 1.54) is 10.2 Å². The summed E-state index contributed by atoms with van der Waals surface area (Å²) in [5, 5.41) is 0. The lowest BCUT2D eigenvalue weighted by Crippen LogP contribution is -2.26. The molecule has 5 nitrogen and oxygen atoms in total. The predicted octanol–water partition coefficient (Wildman–Crippen LogP) is 4.05. The van der Waals surface area contributed by atoms with Crippen molar-refractivity contribution in [1.82, 2.24) is 9.36 Å². The SMILES string of the molecule is O=C1c2ccccc2C(=O)c2c1c(=O)n(CCCc1ccccc1)n2-c1ccccc1. The molecule has 1 heterocycles. The molecule has 4 aromatic rings. The van der Waals surface area contributed by atoms with Gasteiger partial charge in [-0.3, -0.25) is 14.4 Å². The van der Waals surface area contributed by atoms with E-state index in [1.807, 2.05) is 60.7 Å². The van der Waals surface area contributed by atoms with Gasteiger partial charge in [0.2, 0.25) is 11.6 Å². The van der Waals surface area contributed by atoms with Gasteiger partial charge in [-0.15, -0.1) is 0 Å². The van der Waals surface area contributed by atoms with Gasteiger partial charge >= 0.3 is 0 Å². The van der Waals surface area contributed by atoms with Gasteiger partial charge in [0.1, 0.15) is 11.3 Å². The Morgan fingerprint density at radius 3 is 1.90 bits per heavy atom. The summed E-state index contributed by atoms with van der Waals surface area (Å²) in [7, 11) is 0. The van der Waals surface area contributed by atoms with Gasteiger partial charge in [0.05, 0.1) is 5.69 Å². The lowest BCUT2D eigenvalue weighted by Gasteiger charge is -2.17. The molecular formula is C26H20N2O3. The van der Waals surface area contributed by atoms with E-state index in [2.05, 4.69) is 0 Å². The molecule has 0 saturated heterocycles. The van der Waals surface area contributed by atoms with E-state index in [4.69, 9.17) is 0 Å². The molecule has 0 radical (unpaired) electrons. The third kappa shape index (κ3) is 3.15. The van der Waals surface area contributed by atoms with Gasteiger partial charge < -0.3 is 0 Å². The van der Waals surface area contributed by atoms with E-state index in [0.29, 0.717) is 29.8 Å². The van der Waals surface area contributed by atoms with E-state index in [9.17, 15) is 14.4 Å². The maximum Gasteiger partial charge on any atom is 0.279 e. The van der Waals surface area contributed by atoms with Crippen LogP contribution in [-0.2, 0) is 13.0 Å². The Morgan fingerprint density at radius 2 is 1.23 bits per heavy atom. The molecule has 0 amide bonds. The number of benzene rings is 3. The number of aromatic nitrogens is 2. The Hall–Kier alpha value is -3.99. The summed E-state index contributed by atoms with van der Waals surface area (Å²) in [6.07, 6.45) is 1.50. The Kier molecular flexibility index (Phi) is 4.71. The van der Waals surface area contributed by atoms with Crippen molar-refractivity contribution in [2.24, 2.45) is 0 Å². The molecule has 5 heteroatoms. The zero-order valence-electron chi connectivity index (χ0n) is 16.8. The first kappa shape index (κ1) is 19.0. The number of ketones is 2. The minimum absolute atomic E-state index is 0.0349. The van der Waals surface area contributed by atoms with E-state index in [0.717, 1.165) is 6.42 Å². The number of carbonyl (C=O) groups is 2. The lowest BCUT2D eigenvalue weighted by atomic mass is 9.88. The molecule has 0 fully saturated rings. The zero-order chi connectivity index (χ0) is 21.4. The van der Waals surface area contributed by atoms with Crippen molar-refractivity contribution < 1.29 is 9.59 Å². The second-order valence-electron chi connectivity index (χ2n) is 7.59. The summed E-state index contributed by atoms with van der Waals surface area (Å²) in [4.78, 5) is 40.0. The standard InChI is InChI=1S/C26H20N2O3/c29-24-20-15-7-8-16-21(20)25(30)23-22(24)26(31)27(28(23)19-13-5-2-6-14-19)17-9-12-18-10-3-1-4-11-18/h1-8,10-11,13-16H,9,12,17H2. The molecule has 3 aromatic carbocycles. The van der Waals surface area contributed by atoms with E-state index >= 15 is 0 Å². The van der Waals surface area contributed by atoms with Gasteiger partial charge in [-0.05, 0) is 30.5 Å². The number of carbonyl (C=O) groups excluding carboxylic acids is 2. The third-order valence-electron chi connectivity index (χ3n) is 5.68. The number of hydrogen-bond acceptors (Lipinski definition) is 3. The number of aryl methyl sites for hydroxylation is 1. The quantitative estimate of drug-likeness (QED) is 0.441. The van der Waals surface area contributed by atoms with Crippen LogP contribution in [0.25, 0.3) is 5.69 Å². The molecule has 0 unspecified atom stereocenters. The fraction of sp³-hybridized carbons (Fsp3) is 0.115. The number of para-hydroxylation sites is 1. The average Bonchev–Trinajstić information content (AvgIpc) is 3.11. The summed E-state index contributed by atoms with van der Waals surface area (Å²) in [5.41, 5.74) is 2.19. The van der Waals surface area contributed by atoms with Crippen LogP contribution in [0.3, 0.4) is 0 Å². The Bertz CT molecular complexity index is 1350. The van der Waals surface area contributed by atoms with Crippen molar-refractivity contribution in [3.63, 3.8) is 0 Å². The summed E-state index contributed by atoms with van der Waals surface area (Å²) >= 11 is 0. The van der Waals surface area contributed by atoms with Crippen LogP contribution in [-0.4, -0.2) is 20.9 Å². The van der Waals surface area contributed by atoms with Crippen molar-refractivity contribution in [2.45, 2.75) is 19.4 Å². The van der Waals surface area contributed by atoms with Crippen LogP contribution >= 0.6 is 0 Å². The Balaban J connectivity index is 1.64. The fourth-order valence-corrected chi connectivity index (χ4v) is 4.22. The summed E-state index contributed by atoms with van der Waals surface area (Å²) in [6, 6.07) is 26.0. The largest absolute Gasteiger partial charge is 0.288 e. The highest BCUT2D eigenvalue weighted by molar-refractivity contribution is 6.27. The van der Waals surface area contributed by atoms with Gasteiger partial charge in [0.15, 0.2) is 0 Å². The van der Waals surface area contributed by atoms with E-state index in [1.54, 1.807) is 28.9 Å². The van der Waals surface area contributed by atoms with Gasteiger partial charge in [-0.25, -0.2) is 9.36 Å². The molecule has 152 valence electrons. The number of hydrogen-bond donors (Lipinski definition) is 0. The molecular weight excluding hydrogens is 388 g/mol. The summed E-state index contributed by atoms with van der Waals surface area (Å²) in [6.45, 7) is 0.395. The molecule has 0 N–H and O–H groups in total.